The van der Waals surface area contributed by atoms with Gasteiger partial charge < -0.3 is 5.32 Å². The predicted molar refractivity (Wildman–Crippen MR) is 116 cm³/mol. The van der Waals surface area contributed by atoms with Crippen molar-refractivity contribution in [3.63, 3.8) is 0 Å². The molecule has 1 amide bonds. The van der Waals surface area contributed by atoms with E-state index in [1.807, 2.05) is 0 Å². The number of amides is 1. The van der Waals surface area contributed by atoms with E-state index < -0.39 is 0 Å². The molecule has 28 heavy (non-hydrogen) atoms. The fourth-order valence-corrected chi connectivity index (χ4v) is 6.19. The second-order valence-corrected chi connectivity index (χ2v) is 10.1. The van der Waals surface area contributed by atoms with E-state index >= 15 is 0 Å². The number of nitrogens with zero attached hydrogens (tertiary/aromatic N) is 2. The second-order valence-electron chi connectivity index (χ2n) is 8.11. The fraction of sp³-hybridized carbons (Fsp3) is 0.571. The molecule has 2 aromatic rings. The molecule has 5 nitrogen and oxygen atoms in total. The Morgan fingerprint density at radius 1 is 1.46 bits per heavy atom. The maximum Gasteiger partial charge on any atom is 0.263 e. The van der Waals surface area contributed by atoms with Crippen molar-refractivity contribution in [2.45, 2.75) is 63.7 Å². The molecule has 0 spiro atoms. The zero-order chi connectivity index (χ0) is 19.8. The summed E-state index contributed by atoms with van der Waals surface area (Å²) in [5.74, 6) is 1.56. The van der Waals surface area contributed by atoms with Crippen LogP contribution in [-0.4, -0.2) is 27.3 Å². The number of thioether (sulfide) groups is 1. The Morgan fingerprint density at radius 3 is 2.96 bits per heavy atom. The van der Waals surface area contributed by atoms with Crippen molar-refractivity contribution in [1.82, 2.24) is 14.9 Å². The molecule has 1 saturated carbocycles. The SMILES string of the molecule is C=CCn1c(SCC(=O)N[C@H](C)C2CC2)nc2sc3c(c2c1=O)CC[C@@H](C)C3. The molecule has 2 atom stereocenters. The fourth-order valence-electron chi connectivity index (χ4n) is 3.94. The number of hydrogen-bond donors (Lipinski definition) is 1. The second kappa shape index (κ2) is 8.03. The minimum atomic E-state index is 0.00296. The topological polar surface area (TPSA) is 64.0 Å². The highest BCUT2D eigenvalue weighted by molar-refractivity contribution is 7.99. The molecule has 0 aromatic carbocycles. The van der Waals surface area contributed by atoms with Crippen LogP contribution in [0.3, 0.4) is 0 Å². The normalized spacial score (nSPS) is 20.0. The van der Waals surface area contributed by atoms with Crippen LogP contribution >= 0.6 is 23.1 Å². The summed E-state index contributed by atoms with van der Waals surface area (Å²) in [6, 6.07) is 0.227. The van der Waals surface area contributed by atoms with Crippen molar-refractivity contribution in [3.05, 3.63) is 33.4 Å². The maximum absolute atomic E-state index is 13.2. The first-order valence-electron chi connectivity index (χ1n) is 10.1. The third kappa shape index (κ3) is 3.92. The van der Waals surface area contributed by atoms with Crippen LogP contribution < -0.4 is 10.9 Å². The average Bonchev–Trinajstić information content (AvgIpc) is 3.44. The molecule has 2 aliphatic carbocycles. The van der Waals surface area contributed by atoms with Gasteiger partial charge in [0, 0.05) is 17.5 Å². The molecule has 2 aromatic heterocycles. The third-order valence-corrected chi connectivity index (χ3v) is 7.87. The van der Waals surface area contributed by atoms with E-state index in [0.717, 1.165) is 29.5 Å². The van der Waals surface area contributed by atoms with Gasteiger partial charge in [0.05, 0.1) is 11.1 Å². The van der Waals surface area contributed by atoms with E-state index in [2.05, 4.69) is 25.7 Å². The minimum absolute atomic E-state index is 0.00296. The van der Waals surface area contributed by atoms with Crippen LogP contribution in [0.4, 0.5) is 0 Å². The van der Waals surface area contributed by atoms with Crippen molar-refractivity contribution in [2.75, 3.05) is 5.75 Å². The standard InChI is InChI=1S/C21H27N3O2S2/c1-4-9-24-20(26)18-15-8-5-12(2)10-16(15)28-19(18)23-21(24)27-11-17(25)22-13(3)14-6-7-14/h4,12-14H,1,5-11H2,2-3H3,(H,22,25)/t12-,13-/m1/s1. The van der Waals surface area contributed by atoms with Gasteiger partial charge >= 0.3 is 0 Å². The minimum Gasteiger partial charge on any atom is -0.353 e. The van der Waals surface area contributed by atoms with E-state index in [1.165, 1.54) is 35.0 Å². The summed E-state index contributed by atoms with van der Waals surface area (Å²) in [6.07, 6.45) is 7.22. The first kappa shape index (κ1) is 19.7. The van der Waals surface area contributed by atoms with Crippen molar-refractivity contribution < 1.29 is 4.79 Å². The Balaban J connectivity index is 1.61. The largest absolute Gasteiger partial charge is 0.353 e. The average molecular weight is 418 g/mol. The number of allylic oxidation sites excluding steroid dienone is 1. The number of fused-ring (bicyclic) bond motifs is 3. The monoisotopic (exact) mass is 417 g/mol. The molecule has 0 bridgehead atoms. The molecular formula is C21H27N3O2S2. The van der Waals surface area contributed by atoms with Crippen LogP contribution in [0.2, 0.25) is 0 Å². The lowest BCUT2D eigenvalue weighted by Crippen LogP contribution is -2.35. The van der Waals surface area contributed by atoms with Gasteiger partial charge in [-0.25, -0.2) is 4.98 Å². The quantitative estimate of drug-likeness (QED) is 0.423. The van der Waals surface area contributed by atoms with E-state index in [-0.39, 0.29) is 23.3 Å². The van der Waals surface area contributed by atoms with Crippen LogP contribution in [0, 0.1) is 11.8 Å². The molecule has 150 valence electrons. The smallest absolute Gasteiger partial charge is 0.263 e. The molecular weight excluding hydrogens is 390 g/mol. The Labute approximate surface area is 173 Å². The molecule has 2 aliphatic rings. The first-order chi connectivity index (χ1) is 13.5. The summed E-state index contributed by atoms with van der Waals surface area (Å²) in [4.78, 5) is 32.5. The number of carbonyl (C=O) groups is 1. The maximum atomic E-state index is 13.2. The molecule has 0 radical (unpaired) electrons. The molecule has 1 fully saturated rings. The highest BCUT2D eigenvalue weighted by atomic mass is 32.2. The Morgan fingerprint density at radius 2 is 2.25 bits per heavy atom. The molecule has 1 N–H and O–H groups in total. The number of hydrogen-bond acceptors (Lipinski definition) is 5. The van der Waals surface area contributed by atoms with Gasteiger partial charge in [-0.05, 0) is 56.4 Å². The van der Waals surface area contributed by atoms with Crippen LogP contribution in [0.1, 0.15) is 43.6 Å². The summed E-state index contributed by atoms with van der Waals surface area (Å²) in [5, 5.41) is 4.46. The lowest BCUT2D eigenvalue weighted by Gasteiger charge is -2.17. The summed E-state index contributed by atoms with van der Waals surface area (Å²) in [5.41, 5.74) is 1.20. The Hall–Kier alpha value is -1.60. The van der Waals surface area contributed by atoms with Gasteiger partial charge in [0.1, 0.15) is 4.83 Å². The highest BCUT2D eigenvalue weighted by Gasteiger charge is 2.29. The number of aryl methyl sites for hydroxylation is 1. The number of thiophene rings is 1. The summed E-state index contributed by atoms with van der Waals surface area (Å²) >= 11 is 2.99. The van der Waals surface area contributed by atoms with E-state index in [4.69, 9.17) is 4.98 Å². The van der Waals surface area contributed by atoms with Gasteiger partial charge in [-0.3, -0.25) is 14.2 Å². The zero-order valence-electron chi connectivity index (χ0n) is 16.5. The van der Waals surface area contributed by atoms with Crippen molar-refractivity contribution in [1.29, 1.82) is 0 Å². The number of rotatable bonds is 7. The summed E-state index contributed by atoms with van der Waals surface area (Å²) in [6.45, 7) is 8.53. The van der Waals surface area contributed by atoms with Gasteiger partial charge in [0.2, 0.25) is 5.91 Å². The molecule has 0 aliphatic heterocycles. The molecule has 2 heterocycles. The number of nitrogens with one attached hydrogen (secondary N) is 1. The molecule has 0 saturated heterocycles. The van der Waals surface area contributed by atoms with E-state index in [9.17, 15) is 9.59 Å². The van der Waals surface area contributed by atoms with Crippen molar-refractivity contribution in [3.8, 4) is 0 Å². The zero-order valence-corrected chi connectivity index (χ0v) is 18.1. The predicted octanol–water partition coefficient (Wildman–Crippen LogP) is 3.78. The number of carbonyl (C=O) groups excluding carboxylic acids is 1. The highest BCUT2D eigenvalue weighted by Crippen LogP contribution is 2.36. The molecule has 4 rings (SSSR count). The van der Waals surface area contributed by atoms with E-state index in [1.54, 1.807) is 22.0 Å². The van der Waals surface area contributed by atoms with Crippen LogP contribution in [0.15, 0.2) is 22.6 Å². The lowest BCUT2D eigenvalue weighted by atomic mass is 9.89. The summed E-state index contributed by atoms with van der Waals surface area (Å²) < 4.78 is 1.67. The molecule has 7 heteroatoms. The van der Waals surface area contributed by atoms with Gasteiger partial charge in [0.15, 0.2) is 5.16 Å². The molecule has 0 unspecified atom stereocenters. The number of aromatic nitrogens is 2. The van der Waals surface area contributed by atoms with Gasteiger partial charge in [-0.1, -0.05) is 24.8 Å². The van der Waals surface area contributed by atoms with Crippen LogP contribution in [0.5, 0.6) is 0 Å². The van der Waals surface area contributed by atoms with Crippen molar-refractivity contribution >= 4 is 39.2 Å². The first-order valence-corrected chi connectivity index (χ1v) is 11.9. The van der Waals surface area contributed by atoms with Gasteiger partial charge in [0.25, 0.3) is 5.56 Å². The van der Waals surface area contributed by atoms with Crippen molar-refractivity contribution in [2.24, 2.45) is 11.8 Å². The van der Waals surface area contributed by atoms with Gasteiger partial charge in [-0.2, -0.15) is 0 Å². The third-order valence-electron chi connectivity index (χ3n) is 5.74. The Kier molecular flexibility index (Phi) is 5.65. The van der Waals surface area contributed by atoms with Crippen LogP contribution in [0.25, 0.3) is 10.2 Å². The van der Waals surface area contributed by atoms with Gasteiger partial charge in [-0.15, -0.1) is 17.9 Å². The summed E-state index contributed by atoms with van der Waals surface area (Å²) in [7, 11) is 0. The Bertz CT molecular complexity index is 974. The lowest BCUT2D eigenvalue weighted by molar-refractivity contribution is -0.119. The van der Waals surface area contributed by atoms with E-state index in [0.29, 0.717) is 23.5 Å². The van der Waals surface area contributed by atoms with Crippen LogP contribution in [-0.2, 0) is 24.2 Å².